The number of hydrogen-bond acceptors (Lipinski definition) is 3. The molecule has 1 rings (SSSR count). The predicted molar refractivity (Wildman–Crippen MR) is 69.0 cm³/mol. The van der Waals surface area contributed by atoms with E-state index in [2.05, 4.69) is 5.32 Å². The third-order valence-electron chi connectivity index (χ3n) is 2.56. The van der Waals surface area contributed by atoms with Gasteiger partial charge in [-0.3, -0.25) is 9.59 Å². The zero-order chi connectivity index (χ0) is 14.6. The first-order chi connectivity index (χ1) is 8.84. The molecule has 0 radical (unpaired) electrons. The highest BCUT2D eigenvalue weighted by atomic mass is 16.4. The molecular formula is C13H16N2O4. The van der Waals surface area contributed by atoms with Crippen molar-refractivity contribution in [2.24, 2.45) is 0 Å². The molecule has 102 valence electrons. The summed E-state index contributed by atoms with van der Waals surface area (Å²) in [5, 5.41) is 11.5. The summed E-state index contributed by atoms with van der Waals surface area (Å²) in [4.78, 5) is 35.9. The largest absolute Gasteiger partial charge is 0.478 e. The molecule has 0 saturated carbocycles. The number of likely N-dealkylation sites (N-methyl/N-ethyl adjacent to an activating group) is 1. The van der Waals surface area contributed by atoms with Crippen molar-refractivity contribution >= 4 is 17.8 Å². The molecule has 0 bridgehead atoms. The number of carboxylic acids is 1. The number of rotatable bonds is 4. The van der Waals surface area contributed by atoms with Crippen LogP contribution in [-0.2, 0) is 4.79 Å². The maximum Gasteiger partial charge on any atom is 0.336 e. The Balaban J connectivity index is 2.90. The molecule has 0 aliphatic rings. The van der Waals surface area contributed by atoms with Crippen LogP contribution in [0, 0.1) is 0 Å². The van der Waals surface area contributed by atoms with Gasteiger partial charge < -0.3 is 15.3 Å². The van der Waals surface area contributed by atoms with Crippen molar-refractivity contribution in [3.63, 3.8) is 0 Å². The van der Waals surface area contributed by atoms with Gasteiger partial charge >= 0.3 is 5.97 Å². The lowest BCUT2D eigenvalue weighted by Crippen LogP contribution is -2.44. The van der Waals surface area contributed by atoms with Gasteiger partial charge in [-0.2, -0.15) is 0 Å². The van der Waals surface area contributed by atoms with E-state index < -0.39 is 17.9 Å². The lowest BCUT2D eigenvalue weighted by Gasteiger charge is -2.18. The number of nitrogens with zero attached hydrogens (tertiary/aromatic N) is 1. The lowest BCUT2D eigenvalue weighted by molar-refractivity contribution is -0.130. The highest BCUT2D eigenvalue weighted by Gasteiger charge is 2.21. The van der Waals surface area contributed by atoms with Crippen LogP contribution in [-0.4, -0.2) is 47.9 Å². The molecule has 0 fully saturated rings. The second-order valence-corrected chi connectivity index (χ2v) is 4.28. The van der Waals surface area contributed by atoms with Crippen molar-refractivity contribution in [1.82, 2.24) is 10.2 Å². The fourth-order valence-corrected chi connectivity index (χ4v) is 1.59. The van der Waals surface area contributed by atoms with Crippen LogP contribution >= 0.6 is 0 Å². The minimum Gasteiger partial charge on any atom is -0.478 e. The third-order valence-corrected chi connectivity index (χ3v) is 2.56. The summed E-state index contributed by atoms with van der Waals surface area (Å²) in [6.45, 7) is 1.55. The highest BCUT2D eigenvalue weighted by molar-refractivity contribution is 6.05. The normalized spacial score (nSPS) is 11.5. The molecule has 0 spiro atoms. The molecule has 0 heterocycles. The third kappa shape index (κ3) is 3.54. The quantitative estimate of drug-likeness (QED) is 0.833. The summed E-state index contributed by atoms with van der Waals surface area (Å²) in [6.07, 6.45) is 0. The van der Waals surface area contributed by atoms with Crippen LogP contribution < -0.4 is 5.32 Å². The summed E-state index contributed by atoms with van der Waals surface area (Å²) in [7, 11) is 3.16. The Morgan fingerprint density at radius 1 is 1.16 bits per heavy atom. The maximum atomic E-state index is 12.0. The Kier molecular flexibility index (Phi) is 4.63. The summed E-state index contributed by atoms with van der Waals surface area (Å²) in [5.74, 6) is -2.03. The van der Waals surface area contributed by atoms with Crippen molar-refractivity contribution < 1.29 is 19.5 Å². The van der Waals surface area contributed by atoms with Gasteiger partial charge in [-0.15, -0.1) is 0 Å². The molecule has 2 N–H and O–H groups in total. The number of benzene rings is 1. The van der Waals surface area contributed by atoms with Crippen LogP contribution in [0.15, 0.2) is 24.3 Å². The van der Waals surface area contributed by atoms with Crippen molar-refractivity contribution in [1.29, 1.82) is 0 Å². The first kappa shape index (κ1) is 14.7. The summed E-state index contributed by atoms with van der Waals surface area (Å²) < 4.78 is 0. The monoisotopic (exact) mass is 264 g/mol. The molecule has 0 aliphatic carbocycles. The second-order valence-electron chi connectivity index (χ2n) is 4.28. The molecule has 1 atom stereocenters. The van der Waals surface area contributed by atoms with Gasteiger partial charge in [0, 0.05) is 14.1 Å². The second kappa shape index (κ2) is 5.99. The van der Waals surface area contributed by atoms with Crippen LogP contribution in [0.3, 0.4) is 0 Å². The molecule has 0 aromatic heterocycles. The van der Waals surface area contributed by atoms with E-state index in [-0.39, 0.29) is 17.0 Å². The van der Waals surface area contributed by atoms with Gasteiger partial charge in [-0.05, 0) is 19.1 Å². The summed E-state index contributed by atoms with van der Waals surface area (Å²) in [5.41, 5.74) is -0.0575. The Hall–Kier alpha value is -2.37. The van der Waals surface area contributed by atoms with Crippen molar-refractivity contribution in [2.75, 3.05) is 14.1 Å². The first-order valence-electron chi connectivity index (χ1n) is 5.69. The van der Waals surface area contributed by atoms with Crippen molar-refractivity contribution in [2.45, 2.75) is 13.0 Å². The van der Waals surface area contributed by atoms with Crippen LogP contribution in [0.5, 0.6) is 0 Å². The Bertz CT molecular complexity index is 511. The molecule has 2 amide bonds. The highest BCUT2D eigenvalue weighted by Crippen LogP contribution is 2.09. The van der Waals surface area contributed by atoms with E-state index in [0.29, 0.717) is 0 Å². The van der Waals surface area contributed by atoms with E-state index in [1.165, 1.54) is 23.1 Å². The number of carbonyl (C=O) groups is 3. The molecule has 6 nitrogen and oxygen atoms in total. The van der Waals surface area contributed by atoms with E-state index in [4.69, 9.17) is 5.11 Å². The molecule has 0 saturated heterocycles. The molecule has 1 aromatic rings. The first-order valence-corrected chi connectivity index (χ1v) is 5.69. The van der Waals surface area contributed by atoms with E-state index >= 15 is 0 Å². The minimum absolute atomic E-state index is 0.0356. The Labute approximate surface area is 111 Å². The average Bonchev–Trinajstić information content (AvgIpc) is 2.37. The van der Waals surface area contributed by atoms with Gasteiger partial charge in [0.1, 0.15) is 6.04 Å². The number of hydrogen-bond donors (Lipinski definition) is 2. The molecule has 0 aliphatic heterocycles. The SMILES string of the molecule is CC(NC(=O)c1ccccc1C(=O)O)C(=O)N(C)C. The number of amides is 2. The Morgan fingerprint density at radius 3 is 2.16 bits per heavy atom. The number of carbonyl (C=O) groups excluding carboxylic acids is 2. The summed E-state index contributed by atoms with van der Waals surface area (Å²) >= 11 is 0. The summed E-state index contributed by atoms with van der Waals surface area (Å²) in [6, 6.07) is 5.14. The minimum atomic E-state index is -1.18. The van der Waals surface area contributed by atoms with Crippen LogP contribution in [0.4, 0.5) is 0 Å². The number of carboxylic acid groups (broad SMARTS) is 1. The zero-order valence-corrected chi connectivity index (χ0v) is 11.0. The van der Waals surface area contributed by atoms with Gasteiger partial charge in [0.15, 0.2) is 0 Å². The molecule has 1 unspecified atom stereocenters. The standard InChI is InChI=1S/C13H16N2O4/c1-8(12(17)15(2)3)14-11(16)9-6-4-5-7-10(9)13(18)19/h4-8H,1-3H3,(H,14,16)(H,18,19). The topological polar surface area (TPSA) is 86.7 Å². The fourth-order valence-electron chi connectivity index (χ4n) is 1.59. The van der Waals surface area contributed by atoms with E-state index in [1.54, 1.807) is 27.1 Å². The van der Waals surface area contributed by atoms with E-state index in [1.807, 2.05) is 0 Å². The predicted octanol–water partition coefficient (Wildman–Crippen LogP) is 0.591. The van der Waals surface area contributed by atoms with Crippen LogP contribution in [0.2, 0.25) is 0 Å². The van der Waals surface area contributed by atoms with E-state index in [9.17, 15) is 14.4 Å². The van der Waals surface area contributed by atoms with E-state index in [0.717, 1.165) is 0 Å². The lowest BCUT2D eigenvalue weighted by atomic mass is 10.1. The maximum absolute atomic E-state index is 12.0. The van der Waals surface area contributed by atoms with Crippen molar-refractivity contribution in [3.8, 4) is 0 Å². The average molecular weight is 264 g/mol. The molecule has 6 heteroatoms. The number of nitrogens with one attached hydrogen (secondary N) is 1. The van der Waals surface area contributed by atoms with Gasteiger partial charge in [0.2, 0.25) is 5.91 Å². The smallest absolute Gasteiger partial charge is 0.336 e. The van der Waals surface area contributed by atoms with Gasteiger partial charge in [-0.25, -0.2) is 4.79 Å². The molecule has 19 heavy (non-hydrogen) atoms. The van der Waals surface area contributed by atoms with Gasteiger partial charge in [-0.1, -0.05) is 12.1 Å². The zero-order valence-electron chi connectivity index (χ0n) is 11.0. The van der Waals surface area contributed by atoms with Gasteiger partial charge in [0.05, 0.1) is 11.1 Å². The molecular weight excluding hydrogens is 248 g/mol. The van der Waals surface area contributed by atoms with Gasteiger partial charge in [0.25, 0.3) is 5.91 Å². The number of aromatic carboxylic acids is 1. The van der Waals surface area contributed by atoms with Crippen LogP contribution in [0.1, 0.15) is 27.6 Å². The Morgan fingerprint density at radius 2 is 1.68 bits per heavy atom. The van der Waals surface area contributed by atoms with Crippen LogP contribution in [0.25, 0.3) is 0 Å². The van der Waals surface area contributed by atoms with Crippen molar-refractivity contribution in [3.05, 3.63) is 35.4 Å². The fraction of sp³-hybridized carbons (Fsp3) is 0.308. The molecule has 1 aromatic carbocycles.